The summed E-state index contributed by atoms with van der Waals surface area (Å²) in [7, 11) is 1.41. The monoisotopic (exact) mass is 307 g/mol. The molecule has 6 heteroatoms. The Morgan fingerprint density at radius 3 is 2.67 bits per heavy atom. The van der Waals surface area contributed by atoms with Crippen molar-refractivity contribution in [3.05, 3.63) is 57.5 Å². The minimum Gasteiger partial charge on any atom is -0.494 e. The summed E-state index contributed by atoms with van der Waals surface area (Å²) in [6, 6.07) is 7.75. The Morgan fingerprint density at radius 2 is 2.05 bits per heavy atom. The molecule has 0 aliphatic heterocycles. The molecule has 0 radical (unpaired) electrons. The van der Waals surface area contributed by atoms with E-state index in [4.69, 9.17) is 21.1 Å². The molecule has 0 saturated carbocycles. The number of carbonyl (C=O) groups is 1. The molecule has 1 aromatic carbocycles. The average molecular weight is 308 g/mol. The Labute approximate surface area is 126 Å². The lowest BCUT2D eigenvalue weighted by Gasteiger charge is -2.15. The fourth-order valence-electron chi connectivity index (χ4n) is 1.96. The first-order valence-electron chi connectivity index (χ1n) is 6.31. The van der Waals surface area contributed by atoms with Crippen LogP contribution in [-0.4, -0.2) is 24.3 Å². The van der Waals surface area contributed by atoms with Crippen LogP contribution in [-0.2, 0) is 4.74 Å². The molecule has 0 aliphatic carbocycles. The quantitative estimate of drug-likeness (QED) is 0.815. The van der Waals surface area contributed by atoms with Crippen LogP contribution in [0.4, 0.5) is 0 Å². The van der Waals surface area contributed by atoms with Gasteiger partial charge in [0.2, 0.25) is 0 Å². The lowest BCUT2D eigenvalue weighted by molar-refractivity contribution is 0.0522. The normalized spacial score (nSPS) is 10.2. The number of benzene rings is 1. The Balaban J connectivity index is 2.71. The number of methoxy groups -OCH3 is 1. The number of nitrogens with zero attached hydrogens (tertiary/aromatic N) is 1. The van der Waals surface area contributed by atoms with Crippen LogP contribution in [0.3, 0.4) is 0 Å². The molecule has 0 spiro atoms. The van der Waals surface area contributed by atoms with Gasteiger partial charge in [-0.2, -0.15) is 0 Å². The maximum absolute atomic E-state index is 12.0. The second-order valence-electron chi connectivity index (χ2n) is 4.11. The van der Waals surface area contributed by atoms with Crippen molar-refractivity contribution in [1.29, 1.82) is 0 Å². The third-order valence-electron chi connectivity index (χ3n) is 2.85. The van der Waals surface area contributed by atoms with Gasteiger partial charge in [-0.15, -0.1) is 0 Å². The van der Waals surface area contributed by atoms with E-state index in [2.05, 4.69) is 0 Å². The number of pyridine rings is 1. The molecule has 2 rings (SSSR count). The molecular weight excluding hydrogens is 294 g/mol. The molecule has 0 saturated heterocycles. The van der Waals surface area contributed by atoms with Gasteiger partial charge in [-0.25, -0.2) is 4.79 Å². The number of ether oxygens (including phenoxy) is 2. The van der Waals surface area contributed by atoms with Gasteiger partial charge in [0.05, 0.1) is 18.7 Å². The summed E-state index contributed by atoms with van der Waals surface area (Å²) >= 11 is 6.18. The van der Waals surface area contributed by atoms with Crippen molar-refractivity contribution >= 4 is 17.6 Å². The van der Waals surface area contributed by atoms with Crippen LogP contribution in [0.25, 0.3) is 5.69 Å². The van der Waals surface area contributed by atoms with Gasteiger partial charge in [-0.1, -0.05) is 17.7 Å². The number of rotatable bonds is 4. The van der Waals surface area contributed by atoms with Gasteiger partial charge in [0.1, 0.15) is 11.3 Å². The molecule has 0 fully saturated rings. The highest BCUT2D eigenvalue weighted by Crippen LogP contribution is 2.33. The summed E-state index contributed by atoms with van der Waals surface area (Å²) in [5.74, 6) is -0.328. The minimum absolute atomic E-state index is 0.203. The predicted octanol–water partition coefficient (Wildman–Crippen LogP) is 2.68. The molecule has 0 bridgehead atoms. The van der Waals surface area contributed by atoms with Crippen molar-refractivity contribution in [1.82, 2.24) is 4.57 Å². The van der Waals surface area contributed by atoms with Gasteiger partial charge in [0.15, 0.2) is 5.75 Å². The summed E-state index contributed by atoms with van der Waals surface area (Å²) in [6.45, 7) is 1.95. The minimum atomic E-state index is -0.531. The van der Waals surface area contributed by atoms with Gasteiger partial charge in [0, 0.05) is 12.3 Å². The fraction of sp³-hybridized carbons (Fsp3) is 0.200. The van der Waals surface area contributed by atoms with E-state index in [0.29, 0.717) is 10.7 Å². The number of carbonyl (C=O) groups excluding carboxylic acids is 1. The van der Waals surface area contributed by atoms with E-state index in [0.717, 1.165) is 0 Å². The van der Waals surface area contributed by atoms with Crippen LogP contribution in [0.1, 0.15) is 17.3 Å². The first-order valence-corrected chi connectivity index (χ1v) is 6.69. The molecular formula is C15H14ClNO4. The topological polar surface area (TPSA) is 57.5 Å². The molecule has 110 valence electrons. The van der Waals surface area contributed by atoms with E-state index in [1.165, 1.54) is 29.9 Å². The summed E-state index contributed by atoms with van der Waals surface area (Å²) in [6.07, 6.45) is 1.56. The predicted molar refractivity (Wildman–Crippen MR) is 79.6 cm³/mol. The van der Waals surface area contributed by atoms with Gasteiger partial charge < -0.3 is 9.47 Å². The Kier molecular flexibility index (Phi) is 4.65. The molecule has 0 atom stereocenters. The van der Waals surface area contributed by atoms with E-state index in [1.807, 2.05) is 0 Å². The Morgan fingerprint density at radius 1 is 1.29 bits per heavy atom. The number of hydrogen-bond donors (Lipinski definition) is 0. The molecule has 2 aromatic rings. The van der Waals surface area contributed by atoms with E-state index >= 15 is 0 Å². The molecule has 1 heterocycles. The zero-order chi connectivity index (χ0) is 15.4. The maximum Gasteiger partial charge on any atom is 0.341 e. The first-order chi connectivity index (χ1) is 10.1. The van der Waals surface area contributed by atoms with E-state index in [1.54, 1.807) is 25.3 Å². The lowest BCUT2D eigenvalue weighted by Crippen LogP contribution is -2.18. The fourth-order valence-corrected chi connectivity index (χ4v) is 2.20. The molecule has 5 nitrogen and oxygen atoms in total. The van der Waals surface area contributed by atoms with Gasteiger partial charge in [0.25, 0.3) is 5.56 Å². The first kappa shape index (κ1) is 15.1. The van der Waals surface area contributed by atoms with Crippen LogP contribution < -0.4 is 10.3 Å². The molecule has 0 unspecified atom stereocenters. The largest absolute Gasteiger partial charge is 0.494 e. The molecule has 0 N–H and O–H groups in total. The van der Waals surface area contributed by atoms with Crippen molar-refractivity contribution in [3.8, 4) is 11.4 Å². The second-order valence-corrected chi connectivity index (χ2v) is 4.51. The third-order valence-corrected chi connectivity index (χ3v) is 3.15. The molecule has 21 heavy (non-hydrogen) atoms. The van der Waals surface area contributed by atoms with Crippen LogP contribution in [0.2, 0.25) is 5.02 Å². The maximum atomic E-state index is 12.0. The van der Waals surface area contributed by atoms with Gasteiger partial charge in [-0.05, 0) is 25.1 Å². The Hall–Kier alpha value is -2.27. The highest BCUT2D eigenvalue weighted by molar-refractivity contribution is 6.33. The van der Waals surface area contributed by atoms with Crippen LogP contribution >= 0.6 is 11.6 Å². The number of aromatic nitrogens is 1. The van der Waals surface area contributed by atoms with Crippen molar-refractivity contribution in [2.75, 3.05) is 13.7 Å². The molecule has 1 aromatic heterocycles. The van der Waals surface area contributed by atoms with E-state index in [9.17, 15) is 9.59 Å². The summed E-state index contributed by atoms with van der Waals surface area (Å²) in [5, 5.41) is 0.299. The van der Waals surface area contributed by atoms with Crippen molar-refractivity contribution in [2.45, 2.75) is 6.92 Å². The molecule has 0 amide bonds. The Bertz CT molecular complexity index is 724. The third kappa shape index (κ3) is 2.92. The number of hydrogen-bond acceptors (Lipinski definition) is 4. The lowest BCUT2D eigenvalue weighted by atomic mass is 10.1. The number of halogens is 1. The average Bonchev–Trinajstić information content (AvgIpc) is 2.48. The van der Waals surface area contributed by atoms with E-state index in [-0.39, 0.29) is 23.5 Å². The second kappa shape index (κ2) is 6.45. The summed E-state index contributed by atoms with van der Waals surface area (Å²) < 4.78 is 11.6. The standard InChI is InChI=1S/C15H14ClNO4/c1-3-21-15(19)10-7-8-11(16)13(14(10)20-2)17-9-5-4-6-12(17)18/h4-9H,3H2,1-2H3. The zero-order valence-corrected chi connectivity index (χ0v) is 12.4. The highest BCUT2D eigenvalue weighted by atomic mass is 35.5. The van der Waals surface area contributed by atoms with Crippen molar-refractivity contribution in [2.24, 2.45) is 0 Å². The van der Waals surface area contributed by atoms with Gasteiger partial charge >= 0.3 is 5.97 Å². The van der Waals surface area contributed by atoms with Crippen molar-refractivity contribution in [3.63, 3.8) is 0 Å². The highest BCUT2D eigenvalue weighted by Gasteiger charge is 2.21. The van der Waals surface area contributed by atoms with Crippen molar-refractivity contribution < 1.29 is 14.3 Å². The van der Waals surface area contributed by atoms with E-state index < -0.39 is 5.97 Å². The summed E-state index contributed by atoms with van der Waals surface area (Å²) in [4.78, 5) is 24.0. The SMILES string of the molecule is CCOC(=O)c1ccc(Cl)c(-n2ccccc2=O)c1OC. The molecule has 0 aliphatic rings. The smallest absolute Gasteiger partial charge is 0.341 e. The van der Waals surface area contributed by atoms with Gasteiger partial charge in [-0.3, -0.25) is 9.36 Å². The zero-order valence-electron chi connectivity index (χ0n) is 11.6. The summed E-state index contributed by atoms with van der Waals surface area (Å²) in [5.41, 5.74) is 0.253. The van der Waals surface area contributed by atoms with Crippen LogP contribution in [0.15, 0.2) is 41.3 Å². The number of esters is 1. The van der Waals surface area contributed by atoms with Crippen LogP contribution in [0.5, 0.6) is 5.75 Å². The van der Waals surface area contributed by atoms with Crippen LogP contribution in [0, 0.1) is 0 Å².